The van der Waals surface area contributed by atoms with Gasteiger partial charge >= 0.3 is 0 Å². The number of piperidine rings is 1. The van der Waals surface area contributed by atoms with Crippen LogP contribution in [-0.2, 0) is 4.79 Å². The topological polar surface area (TPSA) is 58.1 Å². The van der Waals surface area contributed by atoms with Crippen LogP contribution in [0.2, 0.25) is 5.02 Å². The van der Waals surface area contributed by atoms with E-state index in [2.05, 4.69) is 15.3 Å². The summed E-state index contributed by atoms with van der Waals surface area (Å²) in [6.45, 7) is 0.685. The summed E-state index contributed by atoms with van der Waals surface area (Å²) >= 11 is 5.69. The maximum Gasteiger partial charge on any atom is 0.222 e. The van der Waals surface area contributed by atoms with Gasteiger partial charge in [-0.1, -0.05) is 11.6 Å². The number of carbonyl (C=O) groups excluding carboxylic acids is 1. The van der Waals surface area contributed by atoms with Gasteiger partial charge in [-0.25, -0.2) is 9.97 Å². The van der Waals surface area contributed by atoms with E-state index in [0.29, 0.717) is 23.9 Å². The lowest BCUT2D eigenvalue weighted by atomic mass is 10.1. The van der Waals surface area contributed by atoms with Crippen molar-refractivity contribution >= 4 is 23.5 Å². The van der Waals surface area contributed by atoms with Crippen LogP contribution in [-0.4, -0.2) is 40.4 Å². The second-order valence-corrected chi connectivity index (χ2v) is 4.32. The Labute approximate surface area is 98.8 Å². The van der Waals surface area contributed by atoms with Crippen LogP contribution in [0.4, 0.5) is 5.95 Å². The Morgan fingerprint density at radius 1 is 1.50 bits per heavy atom. The van der Waals surface area contributed by atoms with Crippen molar-refractivity contribution in [1.29, 1.82) is 0 Å². The van der Waals surface area contributed by atoms with Crippen LogP contribution in [0.15, 0.2) is 12.4 Å². The zero-order valence-corrected chi connectivity index (χ0v) is 9.74. The van der Waals surface area contributed by atoms with Gasteiger partial charge < -0.3 is 10.2 Å². The summed E-state index contributed by atoms with van der Waals surface area (Å²) in [5.41, 5.74) is 0. The first-order valence-corrected chi connectivity index (χ1v) is 5.51. The Morgan fingerprint density at radius 3 is 2.81 bits per heavy atom. The molecule has 0 spiro atoms. The molecule has 1 saturated heterocycles. The lowest BCUT2D eigenvalue weighted by Crippen LogP contribution is -2.43. The van der Waals surface area contributed by atoms with Gasteiger partial charge in [0.05, 0.1) is 17.4 Å². The van der Waals surface area contributed by atoms with Crippen LogP contribution < -0.4 is 5.32 Å². The van der Waals surface area contributed by atoms with Crippen molar-refractivity contribution in [1.82, 2.24) is 14.9 Å². The van der Waals surface area contributed by atoms with Gasteiger partial charge in [0.25, 0.3) is 0 Å². The quantitative estimate of drug-likeness (QED) is 0.843. The van der Waals surface area contributed by atoms with Gasteiger partial charge in [0.1, 0.15) is 0 Å². The minimum Gasteiger partial charge on any atom is -0.350 e. The minimum absolute atomic E-state index is 0.190. The molecule has 0 bridgehead atoms. The van der Waals surface area contributed by atoms with Gasteiger partial charge in [0.15, 0.2) is 0 Å². The second-order valence-electron chi connectivity index (χ2n) is 3.88. The molecule has 5 nitrogen and oxygen atoms in total. The first kappa shape index (κ1) is 11.1. The van der Waals surface area contributed by atoms with Gasteiger partial charge in [-0.3, -0.25) is 4.79 Å². The van der Waals surface area contributed by atoms with Crippen LogP contribution in [0.1, 0.15) is 12.8 Å². The fraction of sp³-hybridized carbons (Fsp3) is 0.500. The highest BCUT2D eigenvalue weighted by Crippen LogP contribution is 2.14. The Bertz CT molecular complexity index is 381. The Balaban J connectivity index is 1.95. The first-order chi connectivity index (χ1) is 7.65. The Morgan fingerprint density at radius 2 is 2.19 bits per heavy atom. The normalized spacial score (nSPS) is 21.0. The molecule has 1 atom stereocenters. The number of nitrogens with zero attached hydrogens (tertiary/aromatic N) is 3. The second kappa shape index (κ2) is 4.65. The SMILES string of the molecule is CN1C[C@H](Nc2ncc(Cl)cn2)CCC1=O. The molecule has 0 radical (unpaired) electrons. The number of anilines is 1. The van der Waals surface area contributed by atoms with E-state index in [0.717, 1.165) is 6.42 Å². The highest BCUT2D eigenvalue weighted by Gasteiger charge is 2.22. The fourth-order valence-corrected chi connectivity index (χ4v) is 1.80. The van der Waals surface area contributed by atoms with E-state index < -0.39 is 0 Å². The van der Waals surface area contributed by atoms with Crippen molar-refractivity contribution in [2.75, 3.05) is 18.9 Å². The minimum atomic E-state index is 0.190. The van der Waals surface area contributed by atoms with Crippen molar-refractivity contribution < 1.29 is 4.79 Å². The predicted octanol–water partition coefficient (Wildman–Crippen LogP) is 1.16. The largest absolute Gasteiger partial charge is 0.350 e. The predicted molar refractivity (Wildman–Crippen MR) is 61.3 cm³/mol. The summed E-state index contributed by atoms with van der Waals surface area (Å²) in [6.07, 6.45) is 4.49. The average molecular weight is 241 g/mol. The number of carbonyl (C=O) groups is 1. The summed E-state index contributed by atoms with van der Waals surface area (Å²) in [5, 5.41) is 3.70. The van der Waals surface area contributed by atoms with Gasteiger partial charge in [-0.15, -0.1) is 0 Å². The van der Waals surface area contributed by atoms with E-state index in [1.165, 1.54) is 0 Å². The summed E-state index contributed by atoms with van der Waals surface area (Å²) in [6, 6.07) is 0.212. The first-order valence-electron chi connectivity index (χ1n) is 5.13. The molecule has 1 N–H and O–H groups in total. The molecule has 1 fully saturated rings. The average Bonchev–Trinajstić information content (AvgIpc) is 2.27. The molecular weight excluding hydrogens is 228 g/mol. The maximum absolute atomic E-state index is 11.3. The number of rotatable bonds is 2. The van der Waals surface area contributed by atoms with Crippen LogP contribution in [0.3, 0.4) is 0 Å². The van der Waals surface area contributed by atoms with E-state index in [-0.39, 0.29) is 11.9 Å². The molecule has 1 aliphatic rings. The number of hydrogen-bond donors (Lipinski definition) is 1. The van der Waals surface area contributed by atoms with Crippen LogP contribution in [0.25, 0.3) is 0 Å². The van der Waals surface area contributed by atoms with Crippen molar-refractivity contribution in [2.45, 2.75) is 18.9 Å². The Hall–Kier alpha value is -1.36. The van der Waals surface area contributed by atoms with Crippen molar-refractivity contribution in [3.8, 4) is 0 Å². The van der Waals surface area contributed by atoms with E-state index >= 15 is 0 Å². The summed E-state index contributed by atoms with van der Waals surface area (Å²) in [5.74, 6) is 0.743. The summed E-state index contributed by atoms with van der Waals surface area (Å²) < 4.78 is 0. The maximum atomic E-state index is 11.3. The van der Waals surface area contributed by atoms with Gasteiger partial charge in [-0.05, 0) is 6.42 Å². The lowest BCUT2D eigenvalue weighted by Gasteiger charge is -2.30. The molecule has 2 rings (SSSR count). The summed E-state index contributed by atoms with van der Waals surface area (Å²) in [4.78, 5) is 21.1. The molecule has 1 amide bonds. The summed E-state index contributed by atoms with van der Waals surface area (Å²) in [7, 11) is 1.80. The molecule has 0 aromatic carbocycles. The lowest BCUT2D eigenvalue weighted by molar-refractivity contribution is -0.132. The zero-order valence-electron chi connectivity index (χ0n) is 8.98. The fourth-order valence-electron chi connectivity index (χ4n) is 1.70. The Kier molecular flexibility index (Phi) is 3.24. The molecule has 2 heterocycles. The van der Waals surface area contributed by atoms with E-state index in [1.807, 2.05) is 0 Å². The van der Waals surface area contributed by atoms with Crippen molar-refractivity contribution in [3.63, 3.8) is 0 Å². The number of likely N-dealkylation sites (N-methyl/N-ethyl adjacent to an activating group) is 1. The molecule has 0 aliphatic carbocycles. The van der Waals surface area contributed by atoms with E-state index in [1.54, 1.807) is 24.3 Å². The van der Waals surface area contributed by atoms with Gasteiger partial charge in [0, 0.05) is 26.1 Å². The highest BCUT2D eigenvalue weighted by atomic mass is 35.5. The molecule has 16 heavy (non-hydrogen) atoms. The molecule has 86 valence electrons. The number of aromatic nitrogens is 2. The van der Waals surface area contributed by atoms with Crippen LogP contribution in [0.5, 0.6) is 0 Å². The molecule has 0 unspecified atom stereocenters. The smallest absolute Gasteiger partial charge is 0.222 e. The third-order valence-corrected chi connectivity index (χ3v) is 2.78. The molecule has 1 aromatic rings. The number of hydrogen-bond acceptors (Lipinski definition) is 4. The standard InChI is InChI=1S/C10H13ClN4O/c1-15-6-8(2-3-9(15)16)14-10-12-4-7(11)5-13-10/h4-5,8H,2-3,6H2,1H3,(H,12,13,14)/t8-/m1/s1. The molecule has 0 saturated carbocycles. The number of likely N-dealkylation sites (tertiary alicyclic amines) is 1. The number of amides is 1. The van der Waals surface area contributed by atoms with Crippen LogP contribution in [0, 0.1) is 0 Å². The van der Waals surface area contributed by atoms with E-state index in [4.69, 9.17) is 11.6 Å². The molecular formula is C10H13ClN4O. The van der Waals surface area contributed by atoms with Gasteiger partial charge in [0.2, 0.25) is 11.9 Å². The molecule has 1 aliphatic heterocycles. The van der Waals surface area contributed by atoms with E-state index in [9.17, 15) is 4.79 Å². The third-order valence-electron chi connectivity index (χ3n) is 2.58. The monoisotopic (exact) mass is 240 g/mol. The van der Waals surface area contributed by atoms with Crippen molar-refractivity contribution in [3.05, 3.63) is 17.4 Å². The van der Waals surface area contributed by atoms with Gasteiger partial charge in [-0.2, -0.15) is 0 Å². The van der Waals surface area contributed by atoms with Crippen LogP contribution >= 0.6 is 11.6 Å². The highest BCUT2D eigenvalue weighted by molar-refractivity contribution is 6.30. The number of nitrogens with one attached hydrogen (secondary N) is 1. The molecule has 6 heteroatoms. The zero-order chi connectivity index (χ0) is 11.5. The third kappa shape index (κ3) is 2.61. The number of halogens is 1. The van der Waals surface area contributed by atoms with Crippen molar-refractivity contribution in [2.24, 2.45) is 0 Å². The molecule has 1 aromatic heterocycles.